The molecule has 1 amide bonds. The number of hydrogen-bond donors (Lipinski definition) is 1. The molecule has 0 aliphatic carbocycles. The van der Waals surface area contributed by atoms with E-state index in [1.54, 1.807) is 32.1 Å². The van der Waals surface area contributed by atoms with E-state index in [1.165, 1.54) is 4.90 Å². The number of hydrogen-bond acceptors (Lipinski definition) is 3. The first-order valence-corrected chi connectivity index (χ1v) is 8.56. The van der Waals surface area contributed by atoms with Gasteiger partial charge in [-0.05, 0) is 30.7 Å². The Hall–Kier alpha value is -2.79. The van der Waals surface area contributed by atoms with Crippen LogP contribution in [0.15, 0.2) is 47.3 Å². The SMILES string of the molecule is Cc1ccc2[nH]c(=O)c(C(=O)N(C)c3ccccc3)c(N(C)C)c2c1Cl. The Morgan fingerprint density at radius 3 is 2.31 bits per heavy atom. The van der Waals surface area contributed by atoms with E-state index in [9.17, 15) is 9.59 Å². The van der Waals surface area contributed by atoms with Crippen LogP contribution in [-0.2, 0) is 0 Å². The van der Waals surface area contributed by atoms with Gasteiger partial charge in [0.1, 0.15) is 5.56 Å². The number of anilines is 2. The van der Waals surface area contributed by atoms with Crippen molar-refractivity contribution in [1.82, 2.24) is 4.98 Å². The van der Waals surface area contributed by atoms with Gasteiger partial charge in [0.05, 0.1) is 16.2 Å². The molecule has 3 aromatic rings. The molecular weight excluding hydrogens is 350 g/mol. The van der Waals surface area contributed by atoms with Crippen LogP contribution < -0.4 is 15.4 Å². The third kappa shape index (κ3) is 2.95. The van der Waals surface area contributed by atoms with Gasteiger partial charge >= 0.3 is 0 Å². The lowest BCUT2D eigenvalue weighted by Crippen LogP contribution is -2.34. The van der Waals surface area contributed by atoms with E-state index in [1.807, 2.05) is 43.3 Å². The molecule has 0 spiro atoms. The fourth-order valence-electron chi connectivity index (χ4n) is 3.02. The third-order valence-corrected chi connectivity index (χ3v) is 4.88. The van der Waals surface area contributed by atoms with E-state index in [-0.39, 0.29) is 11.5 Å². The quantitative estimate of drug-likeness (QED) is 0.763. The minimum atomic E-state index is -0.436. The number of carbonyl (C=O) groups excluding carboxylic acids is 1. The molecular formula is C20H20ClN3O2. The monoisotopic (exact) mass is 369 g/mol. The highest BCUT2D eigenvalue weighted by Gasteiger charge is 2.25. The van der Waals surface area contributed by atoms with E-state index >= 15 is 0 Å². The van der Waals surface area contributed by atoms with Gasteiger partial charge in [0.15, 0.2) is 0 Å². The summed E-state index contributed by atoms with van der Waals surface area (Å²) in [6, 6.07) is 12.9. The minimum Gasteiger partial charge on any atom is -0.376 e. The van der Waals surface area contributed by atoms with Crippen LogP contribution in [0.3, 0.4) is 0 Å². The zero-order valence-corrected chi connectivity index (χ0v) is 15.9. The van der Waals surface area contributed by atoms with Crippen molar-refractivity contribution in [3.05, 3.63) is 69.0 Å². The molecule has 134 valence electrons. The second-order valence-corrected chi connectivity index (χ2v) is 6.77. The van der Waals surface area contributed by atoms with Crippen molar-refractivity contribution in [2.75, 3.05) is 30.9 Å². The number of aromatic nitrogens is 1. The van der Waals surface area contributed by atoms with Crippen molar-refractivity contribution in [3.8, 4) is 0 Å². The number of fused-ring (bicyclic) bond motifs is 1. The highest BCUT2D eigenvalue weighted by molar-refractivity contribution is 6.37. The Balaban J connectivity index is 2.30. The first-order chi connectivity index (χ1) is 12.3. The smallest absolute Gasteiger partial charge is 0.265 e. The Morgan fingerprint density at radius 1 is 1.04 bits per heavy atom. The van der Waals surface area contributed by atoms with Crippen molar-refractivity contribution >= 4 is 39.8 Å². The summed E-state index contributed by atoms with van der Waals surface area (Å²) in [6.07, 6.45) is 0. The number of nitrogens with one attached hydrogen (secondary N) is 1. The van der Waals surface area contributed by atoms with Gasteiger partial charge in [0, 0.05) is 32.2 Å². The van der Waals surface area contributed by atoms with Gasteiger partial charge in [-0.1, -0.05) is 35.9 Å². The Kier molecular flexibility index (Phi) is 4.74. The highest BCUT2D eigenvalue weighted by Crippen LogP contribution is 2.35. The molecule has 0 saturated heterocycles. The Labute approximate surface area is 156 Å². The maximum Gasteiger partial charge on any atom is 0.265 e. The Bertz CT molecular complexity index is 1040. The molecule has 0 fully saturated rings. The molecule has 3 rings (SSSR count). The molecule has 1 heterocycles. The van der Waals surface area contributed by atoms with Crippen LogP contribution in [0.25, 0.3) is 10.9 Å². The molecule has 0 atom stereocenters. The second-order valence-electron chi connectivity index (χ2n) is 6.39. The van der Waals surface area contributed by atoms with Crippen LogP contribution in [0.5, 0.6) is 0 Å². The number of aryl methyl sites for hydroxylation is 1. The summed E-state index contributed by atoms with van der Waals surface area (Å²) < 4.78 is 0. The molecule has 0 aliphatic heterocycles. The van der Waals surface area contributed by atoms with Crippen molar-refractivity contribution in [2.45, 2.75) is 6.92 Å². The van der Waals surface area contributed by atoms with Crippen molar-refractivity contribution < 1.29 is 4.79 Å². The highest BCUT2D eigenvalue weighted by atomic mass is 35.5. The van der Waals surface area contributed by atoms with E-state index in [4.69, 9.17) is 11.6 Å². The van der Waals surface area contributed by atoms with Crippen LogP contribution in [0.2, 0.25) is 5.02 Å². The van der Waals surface area contributed by atoms with Gasteiger partial charge in [-0.15, -0.1) is 0 Å². The van der Waals surface area contributed by atoms with Gasteiger partial charge in [0.2, 0.25) is 0 Å². The number of aromatic amines is 1. The third-order valence-electron chi connectivity index (χ3n) is 4.39. The van der Waals surface area contributed by atoms with Crippen LogP contribution in [0, 0.1) is 6.92 Å². The topological polar surface area (TPSA) is 56.4 Å². The van der Waals surface area contributed by atoms with Crippen LogP contribution in [0.1, 0.15) is 15.9 Å². The van der Waals surface area contributed by atoms with Gasteiger partial charge in [-0.3, -0.25) is 9.59 Å². The standard InChI is InChI=1S/C20H20ClN3O2/c1-12-10-11-14-15(17(12)21)18(23(2)3)16(19(25)22-14)20(26)24(4)13-8-6-5-7-9-13/h5-11H,1-4H3,(H,22,25). The minimum absolute atomic E-state index is 0.0707. The maximum atomic E-state index is 13.2. The molecule has 0 bridgehead atoms. The molecule has 1 N–H and O–H groups in total. The Morgan fingerprint density at radius 2 is 1.69 bits per heavy atom. The van der Waals surface area contributed by atoms with Crippen molar-refractivity contribution in [1.29, 1.82) is 0 Å². The molecule has 0 saturated carbocycles. The van der Waals surface area contributed by atoms with Crippen molar-refractivity contribution in [2.24, 2.45) is 0 Å². The summed E-state index contributed by atoms with van der Waals surface area (Å²) in [7, 11) is 5.25. The summed E-state index contributed by atoms with van der Waals surface area (Å²) in [5.41, 5.74) is 2.34. The van der Waals surface area contributed by atoms with E-state index < -0.39 is 5.56 Å². The summed E-state index contributed by atoms with van der Waals surface area (Å²) >= 11 is 6.53. The predicted octanol–water partition coefficient (Wildman–Crippen LogP) is 3.83. The average Bonchev–Trinajstić information content (AvgIpc) is 2.63. The number of benzene rings is 2. The van der Waals surface area contributed by atoms with E-state index in [0.717, 1.165) is 5.56 Å². The first kappa shape index (κ1) is 18.0. The number of amides is 1. The number of nitrogens with zero attached hydrogens (tertiary/aromatic N) is 2. The van der Waals surface area contributed by atoms with Crippen LogP contribution in [0.4, 0.5) is 11.4 Å². The number of carbonyl (C=O) groups is 1. The summed E-state index contributed by atoms with van der Waals surface area (Å²) in [6.45, 7) is 1.89. The molecule has 1 aromatic heterocycles. The van der Waals surface area contributed by atoms with Gasteiger partial charge < -0.3 is 14.8 Å². The van der Waals surface area contributed by atoms with Crippen molar-refractivity contribution in [3.63, 3.8) is 0 Å². The molecule has 2 aromatic carbocycles. The molecule has 0 aliphatic rings. The largest absolute Gasteiger partial charge is 0.376 e. The zero-order valence-electron chi connectivity index (χ0n) is 15.1. The number of rotatable bonds is 3. The predicted molar refractivity (Wildman–Crippen MR) is 108 cm³/mol. The zero-order chi connectivity index (χ0) is 19.0. The molecule has 0 unspecified atom stereocenters. The van der Waals surface area contributed by atoms with E-state index in [0.29, 0.717) is 27.3 Å². The van der Waals surface area contributed by atoms with Gasteiger partial charge in [-0.2, -0.15) is 0 Å². The number of pyridine rings is 1. The molecule has 5 nitrogen and oxygen atoms in total. The fourth-order valence-corrected chi connectivity index (χ4v) is 3.27. The van der Waals surface area contributed by atoms with Crippen LogP contribution in [-0.4, -0.2) is 32.0 Å². The first-order valence-electron chi connectivity index (χ1n) is 8.18. The van der Waals surface area contributed by atoms with Crippen LogP contribution >= 0.6 is 11.6 Å². The molecule has 6 heteroatoms. The molecule has 0 radical (unpaired) electrons. The second kappa shape index (κ2) is 6.84. The lowest BCUT2D eigenvalue weighted by Gasteiger charge is -2.23. The summed E-state index contributed by atoms with van der Waals surface area (Å²) in [5.74, 6) is -0.388. The maximum absolute atomic E-state index is 13.2. The fraction of sp³-hybridized carbons (Fsp3) is 0.200. The molecule has 26 heavy (non-hydrogen) atoms. The van der Waals surface area contributed by atoms with Gasteiger partial charge in [0.25, 0.3) is 11.5 Å². The average molecular weight is 370 g/mol. The normalized spacial score (nSPS) is 10.8. The number of halogens is 1. The van der Waals surface area contributed by atoms with Gasteiger partial charge in [-0.25, -0.2) is 0 Å². The number of H-pyrrole nitrogens is 1. The lowest BCUT2D eigenvalue weighted by atomic mass is 10.0. The lowest BCUT2D eigenvalue weighted by molar-refractivity contribution is 0.0992. The van der Waals surface area contributed by atoms with E-state index in [2.05, 4.69) is 4.98 Å². The summed E-state index contributed by atoms with van der Waals surface area (Å²) in [4.78, 5) is 31.9. The number of para-hydroxylation sites is 1. The summed E-state index contributed by atoms with van der Waals surface area (Å²) in [5, 5.41) is 1.19.